The van der Waals surface area contributed by atoms with E-state index in [1.54, 1.807) is 12.1 Å². The molecule has 2 heterocycles. The maximum absolute atomic E-state index is 11.5. The number of hydrogen-bond acceptors (Lipinski definition) is 3. The lowest BCUT2D eigenvalue weighted by Crippen LogP contribution is -2.05. The first-order chi connectivity index (χ1) is 13.9. The lowest BCUT2D eigenvalue weighted by atomic mass is 9.94. The molecule has 29 heavy (non-hydrogen) atoms. The van der Waals surface area contributed by atoms with Crippen LogP contribution in [0.2, 0.25) is 5.15 Å². The molecular formula is C23H22ClN3O2. The molecule has 0 unspecified atom stereocenters. The molecule has 6 heteroatoms. The number of pyridine rings is 1. The fraction of sp³-hybridized carbons (Fsp3) is 0.261. The minimum Gasteiger partial charge on any atom is -0.478 e. The molecule has 0 saturated carbocycles. The lowest BCUT2D eigenvalue weighted by molar-refractivity contribution is 0.0696. The Hall–Kier alpha value is -2.92. The van der Waals surface area contributed by atoms with Gasteiger partial charge in [-0.05, 0) is 48.1 Å². The fourth-order valence-electron chi connectivity index (χ4n) is 3.90. The van der Waals surface area contributed by atoms with Gasteiger partial charge in [0.05, 0.1) is 22.9 Å². The maximum Gasteiger partial charge on any atom is 0.335 e. The summed E-state index contributed by atoms with van der Waals surface area (Å²) in [5, 5.41) is 10.9. The normalized spacial score (nSPS) is 11.6. The standard InChI is InChI=1S/C23H22ClN3O2/c1-13(2)11-27-12-25-20-21(27)19-16(7-5-9-18(19)26-22(20)24)10-15-6-4-8-17(14(15)3)23(28)29/h4-9,12-13H,10-11H2,1-3H3,(H,28,29). The number of benzene rings is 2. The van der Waals surface area contributed by atoms with Crippen LogP contribution < -0.4 is 0 Å². The van der Waals surface area contributed by atoms with E-state index in [-0.39, 0.29) is 0 Å². The van der Waals surface area contributed by atoms with E-state index < -0.39 is 5.97 Å². The predicted octanol–water partition coefficient (Wildman–Crippen LogP) is 5.49. The summed E-state index contributed by atoms with van der Waals surface area (Å²) in [7, 11) is 0. The molecule has 0 bridgehead atoms. The van der Waals surface area contributed by atoms with Crippen molar-refractivity contribution in [1.29, 1.82) is 0 Å². The zero-order chi connectivity index (χ0) is 20.7. The van der Waals surface area contributed by atoms with Gasteiger partial charge in [0.1, 0.15) is 5.52 Å². The quantitative estimate of drug-likeness (QED) is 0.444. The van der Waals surface area contributed by atoms with Crippen molar-refractivity contribution in [3.05, 3.63) is 70.1 Å². The fourth-order valence-corrected chi connectivity index (χ4v) is 4.13. The van der Waals surface area contributed by atoms with E-state index in [2.05, 4.69) is 34.4 Å². The van der Waals surface area contributed by atoms with Crippen LogP contribution in [0.15, 0.2) is 42.7 Å². The molecule has 0 amide bonds. The van der Waals surface area contributed by atoms with Crippen molar-refractivity contribution in [3.63, 3.8) is 0 Å². The molecule has 2 aromatic heterocycles. The number of carboxylic acid groups (broad SMARTS) is 1. The van der Waals surface area contributed by atoms with E-state index in [4.69, 9.17) is 11.6 Å². The van der Waals surface area contributed by atoms with Crippen LogP contribution in [0.3, 0.4) is 0 Å². The second-order valence-electron chi connectivity index (χ2n) is 7.77. The molecule has 0 radical (unpaired) electrons. The van der Waals surface area contributed by atoms with Crippen LogP contribution in [0, 0.1) is 12.8 Å². The Bertz CT molecular complexity index is 1240. The summed E-state index contributed by atoms with van der Waals surface area (Å²) in [6, 6.07) is 11.4. The van der Waals surface area contributed by atoms with Crippen LogP contribution >= 0.6 is 11.6 Å². The topological polar surface area (TPSA) is 68.0 Å². The summed E-state index contributed by atoms with van der Waals surface area (Å²) in [6.07, 6.45) is 2.43. The predicted molar refractivity (Wildman–Crippen MR) is 116 cm³/mol. The largest absolute Gasteiger partial charge is 0.478 e. The second kappa shape index (κ2) is 7.48. The second-order valence-corrected chi connectivity index (χ2v) is 8.13. The number of nitrogens with zero attached hydrogens (tertiary/aromatic N) is 3. The zero-order valence-corrected chi connectivity index (χ0v) is 17.4. The average Bonchev–Trinajstić information content (AvgIpc) is 3.07. The van der Waals surface area contributed by atoms with Crippen LogP contribution in [0.1, 0.15) is 40.9 Å². The van der Waals surface area contributed by atoms with Gasteiger partial charge in [-0.15, -0.1) is 0 Å². The van der Waals surface area contributed by atoms with Gasteiger partial charge >= 0.3 is 5.97 Å². The molecular weight excluding hydrogens is 386 g/mol. The maximum atomic E-state index is 11.5. The van der Waals surface area contributed by atoms with Crippen LogP contribution in [0.25, 0.3) is 21.9 Å². The summed E-state index contributed by atoms with van der Waals surface area (Å²) in [5.41, 5.74) is 5.67. The first-order valence-electron chi connectivity index (χ1n) is 9.60. The van der Waals surface area contributed by atoms with Gasteiger partial charge < -0.3 is 9.67 Å². The highest BCUT2D eigenvalue weighted by molar-refractivity contribution is 6.35. The third-order valence-electron chi connectivity index (χ3n) is 5.24. The molecule has 4 aromatic rings. The summed E-state index contributed by atoms with van der Waals surface area (Å²) < 4.78 is 2.14. The van der Waals surface area contributed by atoms with E-state index >= 15 is 0 Å². The van der Waals surface area contributed by atoms with E-state index in [1.165, 1.54) is 0 Å². The van der Waals surface area contributed by atoms with E-state index in [0.29, 0.717) is 28.6 Å². The number of aromatic nitrogens is 3. The van der Waals surface area contributed by atoms with Gasteiger partial charge in [0.25, 0.3) is 0 Å². The monoisotopic (exact) mass is 407 g/mol. The molecule has 1 N–H and O–H groups in total. The molecule has 0 spiro atoms. The Morgan fingerprint density at radius 3 is 2.62 bits per heavy atom. The SMILES string of the molecule is Cc1c(Cc2cccc3nc(Cl)c4ncn(CC(C)C)c4c23)cccc1C(=O)O. The highest BCUT2D eigenvalue weighted by atomic mass is 35.5. The summed E-state index contributed by atoms with van der Waals surface area (Å²) in [4.78, 5) is 20.6. The smallest absolute Gasteiger partial charge is 0.335 e. The molecule has 4 rings (SSSR count). The molecule has 0 fully saturated rings. The van der Waals surface area contributed by atoms with Crippen LogP contribution in [0.5, 0.6) is 0 Å². The van der Waals surface area contributed by atoms with Crippen LogP contribution in [-0.2, 0) is 13.0 Å². The Morgan fingerprint density at radius 2 is 1.90 bits per heavy atom. The molecule has 0 atom stereocenters. The molecule has 148 valence electrons. The van der Waals surface area contributed by atoms with Crippen molar-refractivity contribution in [2.45, 2.75) is 33.7 Å². The summed E-state index contributed by atoms with van der Waals surface area (Å²) in [5.74, 6) is -0.454. The Morgan fingerprint density at radius 1 is 1.17 bits per heavy atom. The zero-order valence-electron chi connectivity index (χ0n) is 16.6. The van der Waals surface area contributed by atoms with Gasteiger partial charge in [-0.1, -0.05) is 49.7 Å². The summed E-state index contributed by atoms with van der Waals surface area (Å²) in [6.45, 7) is 7.02. The third kappa shape index (κ3) is 3.47. The number of imidazole rings is 1. The minimum absolute atomic E-state index is 0.332. The highest BCUT2D eigenvalue weighted by Gasteiger charge is 2.17. The number of halogens is 1. The molecule has 0 aliphatic heterocycles. The Balaban J connectivity index is 1.95. The summed E-state index contributed by atoms with van der Waals surface area (Å²) >= 11 is 6.43. The van der Waals surface area contributed by atoms with Gasteiger partial charge in [-0.25, -0.2) is 14.8 Å². The third-order valence-corrected chi connectivity index (χ3v) is 5.50. The Labute approximate surface area is 174 Å². The molecule has 0 saturated heterocycles. The number of carboxylic acids is 1. The number of hydrogen-bond donors (Lipinski definition) is 1. The Kier molecular flexibility index (Phi) is 5.01. The number of fused-ring (bicyclic) bond motifs is 3. The first-order valence-corrected chi connectivity index (χ1v) is 9.98. The van der Waals surface area contributed by atoms with Crippen molar-refractivity contribution in [1.82, 2.24) is 14.5 Å². The van der Waals surface area contributed by atoms with Gasteiger partial charge in [0.15, 0.2) is 5.15 Å². The van der Waals surface area contributed by atoms with Crippen molar-refractivity contribution >= 4 is 39.5 Å². The van der Waals surface area contributed by atoms with Crippen molar-refractivity contribution in [2.24, 2.45) is 5.92 Å². The van der Waals surface area contributed by atoms with Crippen LogP contribution in [0.4, 0.5) is 0 Å². The molecule has 5 nitrogen and oxygen atoms in total. The van der Waals surface area contributed by atoms with E-state index in [0.717, 1.165) is 39.7 Å². The van der Waals surface area contributed by atoms with Gasteiger partial charge in [0.2, 0.25) is 0 Å². The van der Waals surface area contributed by atoms with Gasteiger partial charge in [-0.2, -0.15) is 0 Å². The molecule has 2 aromatic carbocycles. The molecule has 0 aliphatic rings. The minimum atomic E-state index is -0.909. The van der Waals surface area contributed by atoms with Crippen molar-refractivity contribution < 1.29 is 9.90 Å². The highest BCUT2D eigenvalue weighted by Crippen LogP contribution is 2.32. The van der Waals surface area contributed by atoms with Crippen molar-refractivity contribution in [2.75, 3.05) is 0 Å². The first kappa shape index (κ1) is 19.4. The van der Waals surface area contributed by atoms with E-state index in [9.17, 15) is 9.90 Å². The lowest BCUT2D eigenvalue weighted by Gasteiger charge is -2.14. The average molecular weight is 408 g/mol. The number of aromatic carboxylic acids is 1. The number of carbonyl (C=O) groups is 1. The number of rotatable bonds is 5. The van der Waals surface area contributed by atoms with Crippen molar-refractivity contribution in [3.8, 4) is 0 Å². The van der Waals surface area contributed by atoms with Gasteiger partial charge in [-0.3, -0.25) is 0 Å². The van der Waals surface area contributed by atoms with Crippen LogP contribution in [-0.4, -0.2) is 25.6 Å². The van der Waals surface area contributed by atoms with Gasteiger partial charge in [0, 0.05) is 11.9 Å². The molecule has 0 aliphatic carbocycles. The van der Waals surface area contributed by atoms with E-state index in [1.807, 2.05) is 31.5 Å².